The first-order chi connectivity index (χ1) is 8.17. The molecule has 17 heavy (non-hydrogen) atoms. The summed E-state index contributed by atoms with van der Waals surface area (Å²) in [4.78, 5) is 0. The van der Waals surface area contributed by atoms with E-state index in [2.05, 4.69) is 10.5 Å². The van der Waals surface area contributed by atoms with Gasteiger partial charge in [-0.3, -0.25) is 0 Å². The molecule has 0 radical (unpaired) electrons. The zero-order valence-electron chi connectivity index (χ0n) is 9.61. The van der Waals surface area contributed by atoms with Crippen LogP contribution < -0.4 is 15.8 Å². The topological polar surface area (TPSA) is 79.9 Å². The summed E-state index contributed by atoms with van der Waals surface area (Å²) in [5.41, 5.74) is 6.26. The Kier molecular flexibility index (Phi) is 5.42. The van der Waals surface area contributed by atoms with Crippen molar-refractivity contribution in [3.05, 3.63) is 23.2 Å². The van der Waals surface area contributed by atoms with Gasteiger partial charge in [-0.25, -0.2) is 0 Å². The van der Waals surface area contributed by atoms with Crippen molar-refractivity contribution >= 4 is 23.1 Å². The number of nitrogens with zero attached hydrogens (tertiary/aromatic N) is 1. The van der Waals surface area contributed by atoms with E-state index >= 15 is 0 Å². The van der Waals surface area contributed by atoms with Crippen molar-refractivity contribution in [2.24, 2.45) is 10.9 Å². The van der Waals surface area contributed by atoms with E-state index in [1.54, 1.807) is 19.2 Å². The minimum Gasteiger partial charge on any atom is -0.495 e. The number of anilines is 1. The first-order valence-corrected chi connectivity index (χ1v) is 5.59. The maximum atomic E-state index is 8.36. The number of halogens is 1. The second kappa shape index (κ2) is 6.85. The molecule has 0 aliphatic carbocycles. The molecule has 1 aromatic carbocycles. The summed E-state index contributed by atoms with van der Waals surface area (Å²) in [6.07, 6.45) is 1.33. The van der Waals surface area contributed by atoms with Crippen molar-refractivity contribution in [3.8, 4) is 5.75 Å². The highest BCUT2D eigenvalue weighted by Gasteiger charge is 2.01. The normalized spacial score (nSPS) is 11.3. The van der Waals surface area contributed by atoms with Gasteiger partial charge in [0.15, 0.2) is 0 Å². The van der Waals surface area contributed by atoms with Gasteiger partial charge in [0.25, 0.3) is 0 Å². The summed E-state index contributed by atoms with van der Waals surface area (Å²) in [7, 11) is 1.57. The van der Waals surface area contributed by atoms with E-state index in [1.807, 2.05) is 6.07 Å². The number of hydrogen-bond acceptors (Lipinski definition) is 4. The fraction of sp³-hybridized carbons (Fsp3) is 0.364. The fourth-order valence-electron chi connectivity index (χ4n) is 1.33. The van der Waals surface area contributed by atoms with E-state index in [4.69, 9.17) is 27.3 Å². The smallest absolute Gasteiger partial charge is 0.139 e. The Hall–Kier alpha value is -1.62. The molecule has 0 spiro atoms. The molecule has 1 rings (SSSR count). The molecule has 0 heterocycles. The van der Waals surface area contributed by atoms with Crippen LogP contribution in [0.5, 0.6) is 5.75 Å². The lowest BCUT2D eigenvalue weighted by Gasteiger charge is -2.08. The number of nitrogens with one attached hydrogen (secondary N) is 1. The predicted octanol–water partition coefficient (Wildman–Crippen LogP) is 2.29. The number of oxime groups is 1. The van der Waals surface area contributed by atoms with Crippen LogP contribution in [-0.2, 0) is 0 Å². The number of rotatable bonds is 6. The quantitative estimate of drug-likeness (QED) is 0.240. The first-order valence-electron chi connectivity index (χ1n) is 5.21. The molecular formula is C11H16ClN3O2. The van der Waals surface area contributed by atoms with Crippen LogP contribution in [0.3, 0.4) is 0 Å². The van der Waals surface area contributed by atoms with E-state index in [9.17, 15) is 0 Å². The van der Waals surface area contributed by atoms with Gasteiger partial charge in [0, 0.05) is 18.7 Å². The standard InChI is InChI=1S/C11H16ClN3O2/c1-17-10-5-4-8(7-9(10)12)14-6-2-3-11(13)15-16/h4-5,7,14,16H,2-3,6H2,1H3,(H2,13,15). The van der Waals surface area contributed by atoms with Crippen molar-refractivity contribution in [1.29, 1.82) is 0 Å². The molecule has 0 amide bonds. The second-order valence-electron chi connectivity index (χ2n) is 3.47. The molecule has 4 N–H and O–H groups in total. The van der Waals surface area contributed by atoms with Crippen LogP contribution in [0.25, 0.3) is 0 Å². The molecule has 0 aromatic heterocycles. The van der Waals surface area contributed by atoms with Crippen molar-refractivity contribution in [1.82, 2.24) is 0 Å². The maximum absolute atomic E-state index is 8.36. The summed E-state index contributed by atoms with van der Waals surface area (Å²) in [6, 6.07) is 5.48. The van der Waals surface area contributed by atoms with Crippen molar-refractivity contribution in [3.63, 3.8) is 0 Å². The van der Waals surface area contributed by atoms with Crippen LogP contribution in [0.4, 0.5) is 5.69 Å². The number of nitrogens with two attached hydrogens (primary N) is 1. The molecule has 5 nitrogen and oxygen atoms in total. The Morgan fingerprint density at radius 3 is 2.94 bits per heavy atom. The highest BCUT2D eigenvalue weighted by Crippen LogP contribution is 2.27. The van der Waals surface area contributed by atoms with Crippen molar-refractivity contribution in [2.45, 2.75) is 12.8 Å². The lowest BCUT2D eigenvalue weighted by atomic mass is 10.2. The van der Waals surface area contributed by atoms with Crippen LogP contribution in [-0.4, -0.2) is 24.7 Å². The highest BCUT2D eigenvalue weighted by atomic mass is 35.5. The van der Waals surface area contributed by atoms with E-state index < -0.39 is 0 Å². The molecule has 1 aromatic rings. The van der Waals surface area contributed by atoms with Gasteiger partial charge in [-0.05, 0) is 24.6 Å². The molecule has 6 heteroatoms. The van der Waals surface area contributed by atoms with Gasteiger partial charge in [-0.2, -0.15) is 0 Å². The Labute approximate surface area is 105 Å². The van der Waals surface area contributed by atoms with E-state index in [0.717, 1.165) is 18.7 Å². The summed E-state index contributed by atoms with van der Waals surface area (Å²) in [6.45, 7) is 0.721. The minimum atomic E-state index is 0.236. The molecular weight excluding hydrogens is 242 g/mol. The van der Waals surface area contributed by atoms with Gasteiger partial charge < -0.3 is 21.0 Å². The molecule has 0 saturated carbocycles. The fourth-order valence-corrected chi connectivity index (χ4v) is 1.59. The Balaban J connectivity index is 2.40. The van der Waals surface area contributed by atoms with Gasteiger partial charge in [-0.1, -0.05) is 16.8 Å². The van der Waals surface area contributed by atoms with Crippen LogP contribution >= 0.6 is 11.6 Å². The third-order valence-electron chi connectivity index (χ3n) is 2.22. The summed E-state index contributed by atoms with van der Waals surface area (Å²) >= 11 is 5.98. The Morgan fingerprint density at radius 2 is 2.35 bits per heavy atom. The average Bonchev–Trinajstić information content (AvgIpc) is 2.34. The number of ether oxygens (including phenoxy) is 1. The zero-order chi connectivity index (χ0) is 12.7. The maximum Gasteiger partial charge on any atom is 0.139 e. The van der Waals surface area contributed by atoms with E-state index in [-0.39, 0.29) is 5.84 Å². The van der Waals surface area contributed by atoms with Gasteiger partial charge in [0.2, 0.25) is 0 Å². The zero-order valence-corrected chi connectivity index (χ0v) is 10.4. The predicted molar refractivity (Wildman–Crippen MR) is 69.1 cm³/mol. The number of hydrogen-bond donors (Lipinski definition) is 3. The van der Waals surface area contributed by atoms with Crippen LogP contribution in [0.15, 0.2) is 23.4 Å². The van der Waals surface area contributed by atoms with Gasteiger partial charge >= 0.3 is 0 Å². The largest absolute Gasteiger partial charge is 0.495 e. The third kappa shape index (κ3) is 4.40. The number of benzene rings is 1. The summed E-state index contributed by atoms with van der Waals surface area (Å²) in [5, 5.41) is 15.0. The highest BCUT2D eigenvalue weighted by molar-refractivity contribution is 6.32. The molecule has 0 unspecified atom stereocenters. The molecule has 0 aliphatic rings. The number of methoxy groups -OCH3 is 1. The SMILES string of the molecule is COc1ccc(NCCCC(N)=NO)cc1Cl. The van der Waals surface area contributed by atoms with Gasteiger partial charge in [0.05, 0.1) is 12.1 Å². The second-order valence-corrected chi connectivity index (χ2v) is 3.88. The molecule has 0 fully saturated rings. The Bertz CT molecular complexity index is 396. The average molecular weight is 258 g/mol. The summed E-state index contributed by atoms with van der Waals surface area (Å²) in [5.74, 6) is 0.883. The Morgan fingerprint density at radius 1 is 1.59 bits per heavy atom. The van der Waals surface area contributed by atoms with Crippen LogP contribution in [0.1, 0.15) is 12.8 Å². The summed E-state index contributed by atoms with van der Waals surface area (Å²) < 4.78 is 5.05. The van der Waals surface area contributed by atoms with Gasteiger partial charge in [-0.15, -0.1) is 0 Å². The molecule has 0 atom stereocenters. The van der Waals surface area contributed by atoms with E-state index in [1.165, 1.54) is 0 Å². The number of amidine groups is 1. The van der Waals surface area contributed by atoms with Crippen molar-refractivity contribution < 1.29 is 9.94 Å². The van der Waals surface area contributed by atoms with Crippen LogP contribution in [0.2, 0.25) is 5.02 Å². The lowest BCUT2D eigenvalue weighted by Crippen LogP contribution is -2.13. The van der Waals surface area contributed by atoms with Gasteiger partial charge in [0.1, 0.15) is 11.6 Å². The molecule has 0 bridgehead atoms. The molecule has 0 saturated heterocycles. The lowest BCUT2D eigenvalue weighted by molar-refractivity contribution is 0.316. The third-order valence-corrected chi connectivity index (χ3v) is 2.51. The van der Waals surface area contributed by atoms with E-state index in [0.29, 0.717) is 17.2 Å². The van der Waals surface area contributed by atoms with Crippen molar-refractivity contribution in [2.75, 3.05) is 19.0 Å². The van der Waals surface area contributed by atoms with Crippen LogP contribution in [0, 0.1) is 0 Å². The molecule has 0 aliphatic heterocycles. The monoisotopic (exact) mass is 257 g/mol. The first kappa shape index (κ1) is 13.4. The molecule has 94 valence electrons. The minimum absolute atomic E-state index is 0.236.